The second-order valence-electron chi connectivity index (χ2n) is 6.98. The zero-order valence-corrected chi connectivity index (χ0v) is 16.5. The monoisotopic (exact) mass is 417 g/mol. The standard InChI is InChI=1S/C21H19N7O3/c22-18-5-4-13(11-23-18)15-2-1-3-16(26-15)20(29)25-14-10-17-19(24-12-14)27-21(31-17)28-6-8-30-9-7-28/h1-5,10-12H,6-9H2,(H2,22,23)(H,25,29). The Balaban J connectivity index is 1.35. The molecule has 0 saturated carbocycles. The van der Waals surface area contributed by atoms with E-state index < -0.39 is 0 Å². The number of hydrogen-bond donors (Lipinski definition) is 2. The van der Waals surface area contributed by atoms with Crippen molar-refractivity contribution in [2.24, 2.45) is 0 Å². The van der Waals surface area contributed by atoms with Crippen LogP contribution in [0.4, 0.5) is 17.5 Å². The first-order chi connectivity index (χ1) is 15.2. The average Bonchev–Trinajstić information content (AvgIpc) is 3.24. The summed E-state index contributed by atoms with van der Waals surface area (Å²) in [7, 11) is 0. The van der Waals surface area contributed by atoms with Crippen LogP contribution < -0.4 is 16.0 Å². The molecule has 156 valence electrons. The van der Waals surface area contributed by atoms with Crippen LogP contribution in [0.25, 0.3) is 22.5 Å². The quantitative estimate of drug-likeness (QED) is 0.513. The summed E-state index contributed by atoms with van der Waals surface area (Å²) in [6.45, 7) is 2.68. The van der Waals surface area contributed by atoms with E-state index in [-0.39, 0.29) is 11.6 Å². The number of nitrogens with zero attached hydrogens (tertiary/aromatic N) is 5. The lowest BCUT2D eigenvalue weighted by atomic mass is 10.2. The van der Waals surface area contributed by atoms with E-state index >= 15 is 0 Å². The molecule has 3 N–H and O–H groups in total. The highest BCUT2D eigenvalue weighted by Crippen LogP contribution is 2.24. The summed E-state index contributed by atoms with van der Waals surface area (Å²) in [4.78, 5) is 32.0. The van der Waals surface area contributed by atoms with Crippen molar-refractivity contribution in [1.29, 1.82) is 0 Å². The Morgan fingerprint density at radius 3 is 2.74 bits per heavy atom. The van der Waals surface area contributed by atoms with E-state index in [1.54, 1.807) is 48.8 Å². The molecule has 1 aliphatic heterocycles. The van der Waals surface area contributed by atoms with Gasteiger partial charge in [-0.05, 0) is 24.3 Å². The molecule has 10 nitrogen and oxygen atoms in total. The fourth-order valence-corrected chi connectivity index (χ4v) is 3.24. The molecule has 0 atom stereocenters. The highest BCUT2D eigenvalue weighted by atomic mass is 16.5. The van der Waals surface area contributed by atoms with E-state index in [9.17, 15) is 4.79 Å². The minimum atomic E-state index is -0.362. The molecule has 4 aromatic heterocycles. The first kappa shape index (κ1) is 18.9. The molecule has 0 aliphatic carbocycles. The van der Waals surface area contributed by atoms with E-state index in [4.69, 9.17) is 14.9 Å². The number of pyridine rings is 3. The number of nitrogens with one attached hydrogen (secondary N) is 1. The van der Waals surface area contributed by atoms with Crippen molar-refractivity contribution in [3.05, 3.63) is 54.5 Å². The largest absolute Gasteiger partial charge is 0.422 e. The number of nitrogens with two attached hydrogens (primary N) is 1. The number of aromatic nitrogens is 4. The maximum Gasteiger partial charge on any atom is 0.300 e. The van der Waals surface area contributed by atoms with Crippen molar-refractivity contribution in [3.8, 4) is 11.3 Å². The number of amides is 1. The predicted molar refractivity (Wildman–Crippen MR) is 115 cm³/mol. The van der Waals surface area contributed by atoms with Crippen molar-refractivity contribution >= 4 is 34.7 Å². The zero-order valence-electron chi connectivity index (χ0n) is 16.5. The summed E-state index contributed by atoms with van der Waals surface area (Å²) in [6, 6.07) is 10.9. The Labute approximate surface area is 177 Å². The van der Waals surface area contributed by atoms with Gasteiger partial charge in [0.15, 0.2) is 5.58 Å². The second-order valence-corrected chi connectivity index (χ2v) is 6.98. The second kappa shape index (κ2) is 8.00. The van der Waals surface area contributed by atoms with Crippen LogP contribution in [0.2, 0.25) is 0 Å². The van der Waals surface area contributed by atoms with Crippen molar-refractivity contribution < 1.29 is 13.9 Å². The van der Waals surface area contributed by atoms with Crippen molar-refractivity contribution in [3.63, 3.8) is 0 Å². The minimum Gasteiger partial charge on any atom is -0.422 e. The van der Waals surface area contributed by atoms with Gasteiger partial charge in [-0.3, -0.25) is 4.79 Å². The Kier molecular flexibility index (Phi) is 4.89. The maximum absolute atomic E-state index is 12.7. The molecule has 1 fully saturated rings. The lowest BCUT2D eigenvalue weighted by Crippen LogP contribution is -2.36. The van der Waals surface area contributed by atoms with Gasteiger partial charge in [0.2, 0.25) is 5.65 Å². The molecule has 1 saturated heterocycles. The normalized spacial score (nSPS) is 14.0. The van der Waals surface area contributed by atoms with Crippen LogP contribution in [-0.2, 0) is 4.74 Å². The zero-order chi connectivity index (χ0) is 21.2. The van der Waals surface area contributed by atoms with E-state index in [1.807, 2.05) is 4.90 Å². The number of carbonyl (C=O) groups excluding carboxylic acids is 1. The number of morpholine rings is 1. The molecule has 0 unspecified atom stereocenters. The molecular formula is C21H19N7O3. The fourth-order valence-electron chi connectivity index (χ4n) is 3.24. The molecule has 31 heavy (non-hydrogen) atoms. The third-order valence-electron chi connectivity index (χ3n) is 4.84. The summed E-state index contributed by atoms with van der Waals surface area (Å²) in [5.41, 5.74) is 8.75. The Morgan fingerprint density at radius 1 is 1.06 bits per heavy atom. The van der Waals surface area contributed by atoms with Crippen molar-refractivity contribution in [2.75, 3.05) is 42.3 Å². The van der Waals surface area contributed by atoms with Crippen molar-refractivity contribution in [2.45, 2.75) is 0 Å². The third kappa shape index (κ3) is 4.01. The molecule has 5 rings (SSSR count). The number of fused-ring (bicyclic) bond motifs is 1. The molecule has 0 bridgehead atoms. The van der Waals surface area contributed by atoms with Gasteiger partial charge in [0.1, 0.15) is 11.5 Å². The molecule has 0 radical (unpaired) electrons. The van der Waals surface area contributed by atoms with E-state index in [0.717, 1.165) is 5.56 Å². The van der Waals surface area contributed by atoms with Gasteiger partial charge in [0.05, 0.1) is 30.8 Å². The molecule has 1 aliphatic rings. The first-order valence-electron chi connectivity index (χ1n) is 9.75. The molecule has 5 heterocycles. The summed E-state index contributed by atoms with van der Waals surface area (Å²) >= 11 is 0. The third-order valence-corrected chi connectivity index (χ3v) is 4.84. The number of nitrogen functional groups attached to an aromatic ring is 1. The van der Waals surface area contributed by atoms with Crippen LogP contribution in [0.3, 0.4) is 0 Å². The fraction of sp³-hybridized carbons (Fsp3) is 0.190. The summed E-state index contributed by atoms with van der Waals surface area (Å²) < 4.78 is 11.2. The van der Waals surface area contributed by atoms with Gasteiger partial charge in [0, 0.05) is 30.9 Å². The topological polar surface area (TPSA) is 132 Å². The molecule has 0 spiro atoms. The molecular weight excluding hydrogens is 398 g/mol. The van der Waals surface area contributed by atoms with Gasteiger partial charge < -0.3 is 25.1 Å². The molecule has 4 aromatic rings. The lowest BCUT2D eigenvalue weighted by molar-refractivity contribution is 0.102. The number of ether oxygens (including phenoxy) is 1. The van der Waals surface area contributed by atoms with Gasteiger partial charge in [-0.25, -0.2) is 15.0 Å². The highest BCUT2D eigenvalue weighted by Gasteiger charge is 2.18. The van der Waals surface area contributed by atoms with Gasteiger partial charge in [-0.1, -0.05) is 6.07 Å². The number of oxazole rings is 1. The van der Waals surface area contributed by atoms with Gasteiger partial charge >= 0.3 is 0 Å². The average molecular weight is 417 g/mol. The lowest BCUT2D eigenvalue weighted by Gasteiger charge is -2.24. The number of hydrogen-bond acceptors (Lipinski definition) is 9. The minimum absolute atomic E-state index is 0.265. The first-order valence-corrected chi connectivity index (χ1v) is 9.75. The van der Waals surface area contributed by atoms with E-state index in [2.05, 4.69) is 25.3 Å². The summed E-state index contributed by atoms with van der Waals surface area (Å²) in [5, 5.41) is 2.81. The van der Waals surface area contributed by atoms with Crippen LogP contribution in [0, 0.1) is 0 Å². The number of rotatable bonds is 4. The summed E-state index contributed by atoms with van der Waals surface area (Å²) in [6.07, 6.45) is 3.16. The molecule has 10 heteroatoms. The number of anilines is 3. The Hall–Kier alpha value is -4.05. The van der Waals surface area contributed by atoms with E-state index in [0.29, 0.717) is 60.7 Å². The SMILES string of the molecule is Nc1ccc(-c2cccc(C(=O)Nc3cnc4nc(N5CCOCC5)oc4c3)n2)cn1. The predicted octanol–water partition coefficient (Wildman–Crippen LogP) is 2.35. The van der Waals surface area contributed by atoms with Crippen LogP contribution in [0.5, 0.6) is 0 Å². The molecule has 1 amide bonds. The summed E-state index contributed by atoms with van der Waals surface area (Å²) in [5.74, 6) is 0.0593. The van der Waals surface area contributed by atoms with Gasteiger partial charge in [-0.15, -0.1) is 0 Å². The van der Waals surface area contributed by atoms with Crippen LogP contribution >= 0.6 is 0 Å². The van der Waals surface area contributed by atoms with Crippen LogP contribution in [0.1, 0.15) is 10.5 Å². The Bertz CT molecular complexity index is 1230. The molecule has 0 aromatic carbocycles. The van der Waals surface area contributed by atoms with Crippen LogP contribution in [0.15, 0.2) is 53.2 Å². The van der Waals surface area contributed by atoms with Crippen LogP contribution in [-0.4, -0.2) is 52.1 Å². The number of carbonyl (C=O) groups is 1. The van der Waals surface area contributed by atoms with Gasteiger partial charge in [-0.2, -0.15) is 4.98 Å². The maximum atomic E-state index is 12.7. The van der Waals surface area contributed by atoms with Gasteiger partial charge in [0.25, 0.3) is 11.9 Å². The Morgan fingerprint density at radius 2 is 1.94 bits per heavy atom. The smallest absolute Gasteiger partial charge is 0.300 e. The van der Waals surface area contributed by atoms with E-state index in [1.165, 1.54) is 0 Å². The highest BCUT2D eigenvalue weighted by molar-refractivity contribution is 6.03. The van der Waals surface area contributed by atoms with Crippen molar-refractivity contribution in [1.82, 2.24) is 19.9 Å².